The third kappa shape index (κ3) is 3.36. The molecule has 1 atom stereocenters. The number of carbonyl (C=O) groups excluding carboxylic acids is 1. The lowest BCUT2D eigenvalue weighted by Crippen LogP contribution is -2.33. The number of hydrogen-bond acceptors (Lipinski definition) is 2. The number of hydrogen-bond donors (Lipinski definition) is 2. The van der Waals surface area contributed by atoms with E-state index in [4.69, 9.17) is 5.73 Å². The lowest BCUT2D eigenvalue weighted by molar-refractivity contribution is -0.120. The number of rotatable bonds is 4. The number of amides is 1. The minimum Gasteiger partial charge on any atom is -0.348 e. The summed E-state index contributed by atoms with van der Waals surface area (Å²) >= 11 is 0. The topological polar surface area (TPSA) is 55.1 Å². The number of nitrogens with two attached hydrogens (primary N) is 1. The minimum atomic E-state index is -0.109. The summed E-state index contributed by atoms with van der Waals surface area (Å²) in [5, 5.41) is 2.89. The monoisotopic (exact) mass is 206 g/mol. The van der Waals surface area contributed by atoms with Gasteiger partial charge in [0.25, 0.3) is 0 Å². The van der Waals surface area contributed by atoms with Crippen molar-refractivity contribution in [2.24, 2.45) is 5.73 Å². The van der Waals surface area contributed by atoms with E-state index in [2.05, 4.69) is 5.32 Å². The first-order valence-corrected chi connectivity index (χ1v) is 5.23. The van der Waals surface area contributed by atoms with Crippen LogP contribution in [0.4, 0.5) is 0 Å². The number of carbonyl (C=O) groups is 1. The highest BCUT2D eigenvalue weighted by Gasteiger charge is 2.10. The summed E-state index contributed by atoms with van der Waals surface area (Å²) in [5.74, 6) is -0.109. The molecule has 0 spiro atoms. The van der Waals surface area contributed by atoms with Crippen molar-refractivity contribution < 1.29 is 4.79 Å². The third-order valence-corrected chi connectivity index (χ3v) is 2.41. The Kier molecular flexibility index (Phi) is 4.31. The van der Waals surface area contributed by atoms with Gasteiger partial charge in [-0.05, 0) is 18.9 Å². The molecule has 0 saturated carbocycles. The summed E-state index contributed by atoms with van der Waals surface area (Å²) in [6, 6.07) is 8.25. The molecule has 0 aliphatic rings. The summed E-state index contributed by atoms with van der Waals surface area (Å²) in [5.41, 5.74) is 7.62. The van der Waals surface area contributed by atoms with Crippen LogP contribution in [0.5, 0.6) is 0 Å². The van der Waals surface area contributed by atoms with Crippen LogP contribution >= 0.6 is 0 Å². The summed E-state index contributed by atoms with van der Waals surface area (Å²) < 4.78 is 0. The summed E-state index contributed by atoms with van der Waals surface area (Å²) in [4.78, 5) is 11.2. The van der Waals surface area contributed by atoms with Crippen molar-refractivity contribution in [3.8, 4) is 0 Å². The molecule has 1 aromatic carbocycles. The van der Waals surface area contributed by atoms with Gasteiger partial charge in [0.05, 0.1) is 12.6 Å². The molecular formula is C12H18N2O. The molecule has 0 saturated heterocycles. The van der Waals surface area contributed by atoms with Gasteiger partial charge in [-0.15, -0.1) is 0 Å². The molecule has 1 amide bonds. The van der Waals surface area contributed by atoms with Gasteiger partial charge in [0.2, 0.25) is 5.91 Å². The molecule has 0 fully saturated rings. The Hall–Kier alpha value is -1.35. The van der Waals surface area contributed by atoms with E-state index >= 15 is 0 Å². The highest BCUT2D eigenvalue weighted by atomic mass is 16.1. The maximum atomic E-state index is 11.2. The summed E-state index contributed by atoms with van der Waals surface area (Å²) in [6.45, 7) is 4.13. The van der Waals surface area contributed by atoms with Gasteiger partial charge in [-0.1, -0.05) is 36.8 Å². The van der Waals surface area contributed by atoms with Crippen molar-refractivity contribution in [3.05, 3.63) is 35.4 Å². The molecule has 3 heteroatoms. The van der Waals surface area contributed by atoms with Gasteiger partial charge >= 0.3 is 0 Å². The highest BCUT2D eigenvalue weighted by molar-refractivity contribution is 5.78. The smallest absolute Gasteiger partial charge is 0.234 e. The van der Waals surface area contributed by atoms with Crippen molar-refractivity contribution in [1.82, 2.24) is 5.32 Å². The fourth-order valence-electron chi connectivity index (χ4n) is 1.47. The zero-order valence-electron chi connectivity index (χ0n) is 9.29. The van der Waals surface area contributed by atoms with Crippen molar-refractivity contribution >= 4 is 5.91 Å². The van der Waals surface area contributed by atoms with E-state index < -0.39 is 0 Å². The van der Waals surface area contributed by atoms with Crippen LogP contribution in [0.15, 0.2) is 24.3 Å². The maximum absolute atomic E-state index is 11.2. The molecule has 1 aromatic rings. The maximum Gasteiger partial charge on any atom is 0.234 e. The largest absolute Gasteiger partial charge is 0.348 e. The van der Waals surface area contributed by atoms with Crippen LogP contribution in [0.1, 0.15) is 30.5 Å². The Labute approximate surface area is 90.7 Å². The molecule has 0 aliphatic carbocycles. The van der Waals surface area contributed by atoms with Crippen molar-refractivity contribution in [3.63, 3.8) is 0 Å². The second kappa shape index (κ2) is 5.51. The molecule has 0 bridgehead atoms. The molecule has 0 aliphatic heterocycles. The van der Waals surface area contributed by atoms with E-state index in [1.165, 1.54) is 5.56 Å². The lowest BCUT2D eigenvalue weighted by Gasteiger charge is -2.17. The molecule has 82 valence electrons. The molecule has 1 rings (SSSR count). The minimum absolute atomic E-state index is 0.0440. The third-order valence-electron chi connectivity index (χ3n) is 2.41. The van der Waals surface area contributed by atoms with Crippen molar-refractivity contribution in [2.75, 3.05) is 6.54 Å². The van der Waals surface area contributed by atoms with Crippen LogP contribution in [0, 0.1) is 6.92 Å². The normalized spacial score (nSPS) is 12.2. The first-order chi connectivity index (χ1) is 7.17. The molecule has 15 heavy (non-hydrogen) atoms. The first-order valence-electron chi connectivity index (χ1n) is 5.23. The summed E-state index contributed by atoms with van der Waals surface area (Å²) in [6.07, 6.45) is 0.870. The van der Waals surface area contributed by atoms with Gasteiger partial charge < -0.3 is 11.1 Å². The van der Waals surface area contributed by atoms with E-state index in [-0.39, 0.29) is 18.5 Å². The average Bonchev–Trinajstić information content (AvgIpc) is 2.27. The van der Waals surface area contributed by atoms with Crippen LogP contribution in [0.2, 0.25) is 0 Å². The van der Waals surface area contributed by atoms with Crippen LogP contribution in [-0.2, 0) is 4.79 Å². The van der Waals surface area contributed by atoms with Gasteiger partial charge in [0, 0.05) is 0 Å². The van der Waals surface area contributed by atoms with Crippen LogP contribution in [0.25, 0.3) is 0 Å². The van der Waals surface area contributed by atoms with Gasteiger partial charge in [0.1, 0.15) is 0 Å². The first kappa shape index (κ1) is 11.7. The zero-order chi connectivity index (χ0) is 11.3. The SMILES string of the molecule is CCC(NC(=O)CN)c1ccc(C)cc1. The Morgan fingerprint density at radius 1 is 1.40 bits per heavy atom. The predicted octanol–water partition coefficient (Wildman–Crippen LogP) is 1.52. The lowest BCUT2D eigenvalue weighted by atomic mass is 10.0. The molecule has 0 aromatic heterocycles. The van der Waals surface area contributed by atoms with E-state index in [0.717, 1.165) is 12.0 Å². The Balaban J connectivity index is 2.74. The van der Waals surface area contributed by atoms with Crippen molar-refractivity contribution in [2.45, 2.75) is 26.3 Å². The van der Waals surface area contributed by atoms with Crippen LogP contribution in [0.3, 0.4) is 0 Å². The highest BCUT2D eigenvalue weighted by Crippen LogP contribution is 2.16. The molecule has 0 heterocycles. The molecule has 3 nitrogen and oxygen atoms in total. The van der Waals surface area contributed by atoms with Crippen molar-refractivity contribution in [1.29, 1.82) is 0 Å². The van der Waals surface area contributed by atoms with E-state index in [0.29, 0.717) is 0 Å². The van der Waals surface area contributed by atoms with E-state index in [1.54, 1.807) is 0 Å². The Bertz CT molecular complexity index is 319. The van der Waals surface area contributed by atoms with Crippen LogP contribution in [-0.4, -0.2) is 12.5 Å². The molecular weight excluding hydrogens is 188 g/mol. The van der Waals surface area contributed by atoms with E-state index in [9.17, 15) is 4.79 Å². The second-order valence-electron chi connectivity index (χ2n) is 3.64. The fourth-order valence-corrected chi connectivity index (χ4v) is 1.47. The second-order valence-corrected chi connectivity index (χ2v) is 3.64. The van der Waals surface area contributed by atoms with E-state index in [1.807, 2.05) is 38.1 Å². The summed E-state index contributed by atoms with van der Waals surface area (Å²) in [7, 11) is 0. The standard InChI is InChI=1S/C12H18N2O/c1-3-11(14-12(15)8-13)10-6-4-9(2)5-7-10/h4-7,11H,3,8,13H2,1-2H3,(H,14,15). The van der Waals surface area contributed by atoms with Gasteiger partial charge in [-0.25, -0.2) is 0 Å². The van der Waals surface area contributed by atoms with Crippen LogP contribution < -0.4 is 11.1 Å². The molecule has 0 radical (unpaired) electrons. The molecule has 3 N–H and O–H groups in total. The number of aryl methyl sites for hydroxylation is 1. The predicted molar refractivity (Wildman–Crippen MR) is 61.4 cm³/mol. The molecule has 1 unspecified atom stereocenters. The number of benzene rings is 1. The quantitative estimate of drug-likeness (QED) is 0.784. The number of nitrogens with one attached hydrogen (secondary N) is 1. The Morgan fingerprint density at radius 2 is 2.00 bits per heavy atom. The fraction of sp³-hybridized carbons (Fsp3) is 0.417. The average molecular weight is 206 g/mol. The van der Waals surface area contributed by atoms with Gasteiger partial charge in [0.15, 0.2) is 0 Å². The Morgan fingerprint density at radius 3 is 2.47 bits per heavy atom. The zero-order valence-corrected chi connectivity index (χ0v) is 9.29. The van der Waals surface area contributed by atoms with Gasteiger partial charge in [-0.2, -0.15) is 0 Å². The van der Waals surface area contributed by atoms with Gasteiger partial charge in [-0.3, -0.25) is 4.79 Å².